The third-order valence-electron chi connectivity index (χ3n) is 10.4. The maximum absolute atomic E-state index is 13.6. The Hall–Kier alpha value is -5.74. The molecule has 6 aromatic carbocycles. The monoisotopic (exact) mass is 640 g/mol. The predicted octanol–water partition coefficient (Wildman–Crippen LogP) is 10.1. The van der Waals surface area contributed by atoms with E-state index < -0.39 is 10.8 Å². The molecule has 0 saturated heterocycles. The van der Waals surface area contributed by atoms with Crippen LogP contribution in [-0.2, 0) is 20.4 Å². The first-order valence-corrected chi connectivity index (χ1v) is 17.0. The molecule has 0 saturated carbocycles. The minimum atomic E-state index is -0.545. The number of carbonyl (C=O) groups excluding carboxylic acids is 2. The lowest BCUT2D eigenvalue weighted by atomic mass is 9.60. The van der Waals surface area contributed by atoms with E-state index in [1.807, 2.05) is 60.7 Å². The zero-order valence-corrected chi connectivity index (χ0v) is 27.2. The molecule has 0 spiro atoms. The lowest BCUT2D eigenvalue weighted by Gasteiger charge is -2.42. The molecular weight excluding hydrogens is 604 g/mol. The summed E-state index contributed by atoms with van der Waals surface area (Å²) in [7, 11) is 0. The van der Waals surface area contributed by atoms with E-state index in [9.17, 15) is 9.59 Å². The number of hydrogen-bond acceptors (Lipinski definition) is 4. The molecular formula is C45H36O4. The molecule has 0 bridgehead atoms. The van der Waals surface area contributed by atoms with Crippen LogP contribution in [0.25, 0.3) is 22.3 Å². The summed E-state index contributed by atoms with van der Waals surface area (Å²) in [5.41, 5.74) is 8.48. The van der Waals surface area contributed by atoms with Crippen molar-refractivity contribution in [1.29, 1.82) is 0 Å². The quantitative estimate of drug-likeness (QED) is 0.110. The Kier molecular flexibility index (Phi) is 7.93. The highest BCUT2D eigenvalue weighted by atomic mass is 16.5. The van der Waals surface area contributed by atoms with E-state index in [-0.39, 0.29) is 24.8 Å². The van der Waals surface area contributed by atoms with Gasteiger partial charge < -0.3 is 9.47 Å². The Morgan fingerprint density at radius 3 is 1.00 bits per heavy atom. The lowest BCUT2D eigenvalue weighted by molar-refractivity contribution is -0.135. The van der Waals surface area contributed by atoms with E-state index >= 15 is 0 Å². The lowest BCUT2D eigenvalue weighted by Crippen LogP contribution is -2.39. The maximum Gasteiger partial charge on any atom is 0.311 e. The van der Waals surface area contributed by atoms with E-state index in [0.717, 1.165) is 0 Å². The summed E-state index contributed by atoms with van der Waals surface area (Å²) in [4.78, 5) is 27.1. The SMILES string of the molecule is O=C(CCC1(CC2(CCC(=O)Oc3ccccc3)c3ccccc3-c3ccccc32)c2ccccc2-c2ccccc21)Oc1ccccc1. The minimum Gasteiger partial charge on any atom is -0.427 e. The second-order valence-corrected chi connectivity index (χ2v) is 13.1. The number of rotatable bonds is 10. The molecule has 0 aliphatic heterocycles. The average molecular weight is 641 g/mol. The van der Waals surface area contributed by atoms with Crippen molar-refractivity contribution in [2.75, 3.05) is 0 Å². The summed E-state index contributed by atoms with van der Waals surface area (Å²) in [6.07, 6.45) is 2.22. The van der Waals surface area contributed by atoms with E-state index in [0.29, 0.717) is 30.8 Å². The molecule has 0 N–H and O–H groups in total. The van der Waals surface area contributed by atoms with Gasteiger partial charge in [-0.3, -0.25) is 9.59 Å². The summed E-state index contributed by atoms with van der Waals surface area (Å²) in [5, 5.41) is 0. The van der Waals surface area contributed by atoms with Gasteiger partial charge in [-0.2, -0.15) is 0 Å². The first-order valence-electron chi connectivity index (χ1n) is 17.0. The van der Waals surface area contributed by atoms with Crippen LogP contribution >= 0.6 is 0 Å². The van der Waals surface area contributed by atoms with Crippen LogP contribution in [0.1, 0.15) is 54.4 Å². The molecule has 49 heavy (non-hydrogen) atoms. The van der Waals surface area contributed by atoms with Gasteiger partial charge in [-0.15, -0.1) is 0 Å². The van der Waals surface area contributed by atoms with Gasteiger partial charge in [-0.1, -0.05) is 133 Å². The van der Waals surface area contributed by atoms with Gasteiger partial charge in [0.25, 0.3) is 0 Å². The Bertz CT molecular complexity index is 1910. The summed E-state index contributed by atoms with van der Waals surface area (Å²) < 4.78 is 11.7. The third-order valence-corrected chi connectivity index (χ3v) is 10.4. The maximum atomic E-state index is 13.6. The van der Waals surface area contributed by atoms with Crippen molar-refractivity contribution >= 4 is 11.9 Å². The fraction of sp³-hybridized carbons (Fsp3) is 0.156. The largest absolute Gasteiger partial charge is 0.427 e. The van der Waals surface area contributed by atoms with Crippen LogP contribution in [0.5, 0.6) is 11.5 Å². The predicted molar refractivity (Wildman–Crippen MR) is 193 cm³/mol. The standard InChI is InChI=1S/C45H36O4/c46-42(48-32-15-3-1-4-16-32)27-29-44(38-23-11-7-19-34(38)35-20-8-12-24-39(35)44)31-45(30-28-43(47)49-33-17-5-2-6-18-33)40-25-13-9-21-36(40)37-22-10-14-26-41(37)45/h1-26H,27-31H2. The number of hydrogen-bond donors (Lipinski definition) is 0. The fourth-order valence-electron chi connectivity index (χ4n) is 8.42. The molecule has 4 heteroatoms. The first-order chi connectivity index (χ1) is 24.1. The Morgan fingerprint density at radius 1 is 0.388 bits per heavy atom. The summed E-state index contributed by atoms with van der Waals surface area (Å²) in [5.74, 6) is 0.557. The second kappa shape index (κ2) is 12.7. The molecule has 6 aromatic rings. The normalized spacial score (nSPS) is 14.2. The van der Waals surface area contributed by atoms with Gasteiger partial charge in [-0.25, -0.2) is 0 Å². The molecule has 2 aliphatic rings. The van der Waals surface area contributed by atoms with Crippen molar-refractivity contribution in [2.45, 2.75) is 42.9 Å². The van der Waals surface area contributed by atoms with Gasteiger partial charge in [0.05, 0.1) is 0 Å². The van der Waals surface area contributed by atoms with Gasteiger partial charge in [0.15, 0.2) is 0 Å². The minimum absolute atomic E-state index is 0.229. The molecule has 0 amide bonds. The molecule has 0 fully saturated rings. The van der Waals surface area contributed by atoms with Crippen LogP contribution in [0.2, 0.25) is 0 Å². The number of benzene rings is 6. The second-order valence-electron chi connectivity index (χ2n) is 13.1. The van der Waals surface area contributed by atoms with Crippen LogP contribution in [0, 0.1) is 0 Å². The van der Waals surface area contributed by atoms with Gasteiger partial charge >= 0.3 is 11.9 Å². The van der Waals surface area contributed by atoms with Crippen molar-refractivity contribution in [3.63, 3.8) is 0 Å². The molecule has 240 valence electrons. The first kappa shape index (κ1) is 30.6. The van der Waals surface area contributed by atoms with Gasteiger partial charge in [0.1, 0.15) is 11.5 Å². The third kappa shape index (κ3) is 5.44. The number of para-hydroxylation sites is 2. The highest BCUT2D eigenvalue weighted by Crippen LogP contribution is 2.62. The van der Waals surface area contributed by atoms with Gasteiger partial charge in [0.2, 0.25) is 0 Å². The van der Waals surface area contributed by atoms with Crippen molar-refractivity contribution < 1.29 is 19.1 Å². The molecule has 2 aliphatic carbocycles. The highest BCUT2D eigenvalue weighted by Gasteiger charge is 2.52. The van der Waals surface area contributed by atoms with Crippen LogP contribution < -0.4 is 9.47 Å². The number of ether oxygens (including phenoxy) is 2. The smallest absolute Gasteiger partial charge is 0.311 e. The molecule has 0 unspecified atom stereocenters. The highest BCUT2D eigenvalue weighted by molar-refractivity contribution is 5.85. The molecule has 4 nitrogen and oxygen atoms in total. The van der Waals surface area contributed by atoms with Crippen molar-refractivity contribution in [3.05, 3.63) is 180 Å². The number of fused-ring (bicyclic) bond motifs is 6. The molecule has 0 radical (unpaired) electrons. The Balaban J connectivity index is 1.26. The van der Waals surface area contributed by atoms with E-state index in [1.54, 1.807) is 0 Å². The van der Waals surface area contributed by atoms with Crippen molar-refractivity contribution in [3.8, 4) is 33.8 Å². The zero-order valence-electron chi connectivity index (χ0n) is 27.2. The van der Waals surface area contributed by atoms with E-state index in [1.165, 1.54) is 44.5 Å². The zero-order chi connectivity index (χ0) is 33.3. The van der Waals surface area contributed by atoms with Crippen LogP contribution in [0.15, 0.2) is 158 Å². The number of carbonyl (C=O) groups is 2. The molecule has 8 rings (SSSR count). The van der Waals surface area contributed by atoms with Gasteiger partial charge in [0, 0.05) is 23.7 Å². The molecule has 0 aromatic heterocycles. The van der Waals surface area contributed by atoms with Crippen LogP contribution in [0.3, 0.4) is 0 Å². The number of esters is 2. The van der Waals surface area contributed by atoms with E-state index in [2.05, 4.69) is 97.1 Å². The summed E-state index contributed by atoms with van der Waals surface area (Å²) in [6.45, 7) is 0. The van der Waals surface area contributed by atoms with Gasteiger partial charge in [-0.05, 0) is 88.0 Å². The summed E-state index contributed by atoms with van der Waals surface area (Å²) in [6, 6.07) is 53.0. The Labute approximate surface area is 287 Å². The van der Waals surface area contributed by atoms with Crippen molar-refractivity contribution in [1.82, 2.24) is 0 Å². The summed E-state index contributed by atoms with van der Waals surface area (Å²) >= 11 is 0. The van der Waals surface area contributed by atoms with Crippen LogP contribution in [0.4, 0.5) is 0 Å². The topological polar surface area (TPSA) is 52.6 Å². The molecule has 0 atom stereocenters. The van der Waals surface area contributed by atoms with E-state index in [4.69, 9.17) is 9.47 Å². The van der Waals surface area contributed by atoms with Crippen LogP contribution in [-0.4, -0.2) is 11.9 Å². The molecule has 0 heterocycles. The van der Waals surface area contributed by atoms with Crippen molar-refractivity contribution in [2.24, 2.45) is 0 Å². The fourth-order valence-corrected chi connectivity index (χ4v) is 8.42. The average Bonchev–Trinajstić information content (AvgIpc) is 3.58. The Morgan fingerprint density at radius 2 is 0.673 bits per heavy atom.